The van der Waals surface area contributed by atoms with Crippen LogP contribution in [0.4, 0.5) is 11.4 Å². The number of quaternary nitrogens is 1. The van der Waals surface area contributed by atoms with Crippen LogP contribution in [0.2, 0.25) is 0 Å². The van der Waals surface area contributed by atoms with Gasteiger partial charge in [0.2, 0.25) is 0 Å². The average Bonchev–Trinajstić information content (AvgIpc) is 2.18. The number of benzene rings is 1. The minimum absolute atomic E-state index is 0.129. The lowest BCUT2D eigenvalue weighted by Gasteiger charge is -2.06. The first kappa shape index (κ1) is 11.5. The fraction of sp³-hybridized carbons (Fsp3) is 0.400. The van der Waals surface area contributed by atoms with Gasteiger partial charge in [-0.3, -0.25) is 10.1 Å². The molecular weight excluding hydrogens is 194 g/mol. The fourth-order valence-corrected chi connectivity index (χ4v) is 1.30. The van der Waals surface area contributed by atoms with E-state index < -0.39 is 0 Å². The Morgan fingerprint density at radius 2 is 2.27 bits per heavy atom. The predicted molar refractivity (Wildman–Crippen MR) is 58.7 cm³/mol. The quantitative estimate of drug-likeness (QED) is 0.431. The van der Waals surface area contributed by atoms with Crippen molar-refractivity contribution in [2.75, 3.05) is 18.4 Å². The molecule has 0 radical (unpaired) electrons. The molecule has 0 atom stereocenters. The Hall–Kier alpha value is -1.62. The van der Waals surface area contributed by atoms with Crippen molar-refractivity contribution in [2.45, 2.75) is 13.3 Å². The van der Waals surface area contributed by atoms with E-state index in [0.717, 1.165) is 18.5 Å². The van der Waals surface area contributed by atoms with Crippen molar-refractivity contribution in [1.82, 2.24) is 0 Å². The van der Waals surface area contributed by atoms with Gasteiger partial charge in [-0.1, -0.05) is 6.07 Å². The molecule has 0 aliphatic carbocycles. The molecule has 0 heterocycles. The summed E-state index contributed by atoms with van der Waals surface area (Å²) in [6, 6.07) is 5.06. The smallest absolute Gasteiger partial charge is 0.292 e. The number of anilines is 1. The monoisotopic (exact) mass is 210 g/mol. The van der Waals surface area contributed by atoms with Crippen LogP contribution in [-0.2, 0) is 0 Å². The largest absolute Gasteiger partial charge is 0.379 e. The molecular formula is C10H16N3O2+. The van der Waals surface area contributed by atoms with E-state index in [0.29, 0.717) is 12.2 Å². The Kier molecular flexibility index (Phi) is 4.05. The molecule has 0 aromatic heterocycles. The van der Waals surface area contributed by atoms with Crippen LogP contribution in [0.15, 0.2) is 18.2 Å². The lowest BCUT2D eigenvalue weighted by atomic mass is 10.2. The summed E-state index contributed by atoms with van der Waals surface area (Å²) in [6.07, 6.45) is 0.908. The highest BCUT2D eigenvalue weighted by molar-refractivity contribution is 5.62. The number of rotatable bonds is 5. The van der Waals surface area contributed by atoms with Gasteiger partial charge in [0.25, 0.3) is 5.69 Å². The molecule has 0 bridgehead atoms. The maximum atomic E-state index is 10.7. The van der Waals surface area contributed by atoms with E-state index >= 15 is 0 Å². The number of nitrogens with one attached hydrogen (secondary N) is 1. The standard InChI is InChI=1S/C10H15N3O2/c1-8-3-4-10(13(14)15)9(7-8)12-6-2-5-11/h3-4,7,12H,2,5-6,11H2,1H3/p+1. The highest BCUT2D eigenvalue weighted by atomic mass is 16.6. The van der Waals surface area contributed by atoms with Gasteiger partial charge in [0.1, 0.15) is 5.69 Å². The molecule has 5 heteroatoms. The molecule has 4 N–H and O–H groups in total. The van der Waals surface area contributed by atoms with Gasteiger partial charge in [-0.05, 0) is 18.6 Å². The van der Waals surface area contributed by atoms with Crippen LogP contribution in [0.5, 0.6) is 0 Å². The van der Waals surface area contributed by atoms with Crippen LogP contribution in [0.25, 0.3) is 0 Å². The zero-order valence-electron chi connectivity index (χ0n) is 8.82. The van der Waals surface area contributed by atoms with Crippen molar-refractivity contribution in [3.8, 4) is 0 Å². The van der Waals surface area contributed by atoms with Crippen LogP contribution in [0, 0.1) is 17.0 Å². The second-order valence-corrected chi connectivity index (χ2v) is 3.41. The Morgan fingerprint density at radius 3 is 2.87 bits per heavy atom. The molecule has 15 heavy (non-hydrogen) atoms. The van der Waals surface area contributed by atoms with E-state index in [1.807, 2.05) is 6.92 Å². The van der Waals surface area contributed by atoms with Crippen LogP contribution in [0.1, 0.15) is 12.0 Å². The van der Waals surface area contributed by atoms with Gasteiger partial charge in [-0.2, -0.15) is 0 Å². The molecule has 0 unspecified atom stereocenters. The van der Waals surface area contributed by atoms with Crippen molar-refractivity contribution in [1.29, 1.82) is 0 Å². The number of aryl methyl sites for hydroxylation is 1. The maximum absolute atomic E-state index is 10.7. The van der Waals surface area contributed by atoms with Gasteiger partial charge in [0.15, 0.2) is 0 Å². The van der Waals surface area contributed by atoms with Gasteiger partial charge < -0.3 is 11.1 Å². The van der Waals surface area contributed by atoms with Crippen molar-refractivity contribution in [3.63, 3.8) is 0 Å². The van der Waals surface area contributed by atoms with Gasteiger partial charge in [0.05, 0.1) is 11.5 Å². The summed E-state index contributed by atoms with van der Waals surface area (Å²) in [6.45, 7) is 3.46. The Morgan fingerprint density at radius 1 is 1.53 bits per heavy atom. The predicted octanol–water partition coefficient (Wildman–Crippen LogP) is 0.947. The number of hydrogen-bond acceptors (Lipinski definition) is 3. The molecule has 1 aromatic rings. The summed E-state index contributed by atoms with van der Waals surface area (Å²) in [5.41, 5.74) is 5.45. The Bertz CT molecular complexity index is 353. The zero-order valence-corrected chi connectivity index (χ0v) is 8.82. The molecule has 5 nitrogen and oxygen atoms in total. The van der Waals surface area contributed by atoms with Crippen molar-refractivity contribution >= 4 is 11.4 Å². The second kappa shape index (κ2) is 5.31. The molecule has 0 saturated heterocycles. The van der Waals surface area contributed by atoms with Gasteiger partial charge >= 0.3 is 0 Å². The van der Waals surface area contributed by atoms with Crippen LogP contribution in [0.3, 0.4) is 0 Å². The van der Waals surface area contributed by atoms with E-state index in [2.05, 4.69) is 11.1 Å². The molecule has 0 spiro atoms. The minimum atomic E-state index is -0.369. The van der Waals surface area contributed by atoms with Gasteiger partial charge in [-0.25, -0.2) is 0 Å². The van der Waals surface area contributed by atoms with Crippen molar-refractivity contribution < 1.29 is 10.7 Å². The normalized spacial score (nSPS) is 10.0. The number of nitro groups is 1. The first-order chi connectivity index (χ1) is 7.15. The van der Waals surface area contributed by atoms with E-state index in [-0.39, 0.29) is 10.6 Å². The third kappa shape index (κ3) is 3.21. The van der Waals surface area contributed by atoms with Crippen LogP contribution in [-0.4, -0.2) is 18.0 Å². The van der Waals surface area contributed by atoms with Gasteiger partial charge in [-0.15, -0.1) is 0 Å². The molecule has 0 aliphatic heterocycles. The third-order valence-electron chi connectivity index (χ3n) is 2.09. The van der Waals surface area contributed by atoms with Crippen LogP contribution < -0.4 is 11.1 Å². The lowest BCUT2D eigenvalue weighted by molar-refractivity contribution is -0.384. The summed E-state index contributed by atoms with van der Waals surface area (Å²) in [4.78, 5) is 10.3. The highest BCUT2D eigenvalue weighted by Gasteiger charge is 2.12. The minimum Gasteiger partial charge on any atom is -0.379 e. The summed E-state index contributed by atoms with van der Waals surface area (Å²) in [5, 5.41) is 13.8. The number of nitrogens with zero attached hydrogens (tertiary/aromatic N) is 1. The molecule has 82 valence electrons. The highest BCUT2D eigenvalue weighted by Crippen LogP contribution is 2.24. The molecule has 0 aliphatic rings. The van der Waals surface area contributed by atoms with Gasteiger partial charge in [0, 0.05) is 19.0 Å². The van der Waals surface area contributed by atoms with Crippen molar-refractivity contribution in [3.05, 3.63) is 33.9 Å². The molecule has 1 aromatic carbocycles. The molecule has 1 rings (SSSR count). The second-order valence-electron chi connectivity index (χ2n) is 3.41. The average molecular weight is 210 g/mol. The van der Waals surface area contributed by atoms with E-state index in [9.17, 15) is 10.1 Å². The topological polar surface area (TPSA) is 82.8 Å². The lowest BCUT2D eigenvalue weighted by Crippen LogP contribution is -2.50. The molecule has 0 amide bonds. The zero-order chi connectivity index (χ0) is 11.3. The molecule has 0 fully saturated rings. The van der Waals surface area contributed by atoms with Crippen molar-refractivity contribution in [2.24, 2.45) is 0 Å². The number of nitro benzene ring substituents is 1. The van der Waals surface area contributed by atoms with E-state index in [1.165, 1.54) is 6.07 Å². The molecule has 0 saturated carbocycles. The van der Waals surface area contributed by atoms with E-state index in [1.54, 1.807) is 12.1 Å². The summed E-state index contributed by atoms with van der Waals surface area (Å²) in [5.74, 6) is 0. The summed E-state index contributed by atoms with van der Waals surface area (Å²) >= 11 is 0. The number of hydrogen-bond donors (Lipinski definition) is 2. The third-order valence-corrected chi connectivity index (χ3v) is 2.09. The van der Waals surface area contributed by atoms with Crippen LogP contribution >= 0.6 is 0 Å². The fourth-order valence-electron chi connectivity index (χ4n) is 1.30. The maximum Gasteiger partial charge on any atom is 0.292 e. The first-order valence-corrected chi connectivity index (χ1v) is 4.93. The summed E-state index contributed by atoms with van der Waals surface area (Å²) in [7, 11) is 0. The Labute approximate surface area is 88.4 Å². The first-order valence-electron chi connectivity index (χ1n) is 4.93. The Balaban J connectivity index is 2.82. The summed E-state index contributed by atoms with van der Waals surface area (Å²) < 4.78 is 0. The SMILES string of the molecule is Cc1ccc([N+](=O)[O-])c(NCCC[NH3+])c1. The van der Waals surface area contributed by atoms with E-state index in [4.69, 9.17) is 0 Å².